The van der Waals surface area contributed by atoms with E-state index < -0.39 is 0 Å². The molecule has 1 aliphatic rings. The summed E-state index contributed by atoms with van der Waals surface area (Å²) in [5, 5.41) is 0. The molecule has 1 saturated carbocycles. The highest BCUT2D eigenvalue weighted by Gasteiger charge is 2.29. The number of ether oxygens (including phenoxy) is 1. The van der Waals surface area contributed by atoms with Gasteiger partial charge in [-0.15, -0.1) is 6.42 Å². The first-order chi connectivity index (χ1) is 9.74. The lowest BCUT2D eigenvalue weighted by molar-refractivity contribution is -0.119. The Hall–Kier alpha value is -2.06. The topological polar surface area (TPSA) is 43.6 Å². The van der Waals surface area contributed by atoms with Gasteiger partial charge in [-0.25, -0.2) is 0 Å². The fourth-order valence-electron chi connectivity index (χ4n) is 2.10. The number of hydrogen-bond acceptors (Lipinski definition) is 3. The van der Waals surface area contributed by atoms with Crippen molar-refractivity contribution >= 4 is 27.5 Å². The van der Waals surface area contributed by atoms with E-state index in [0.29, 0.717) is 11.3 Å². The number of thiazole rings is 1. The monoisotopic (exact) mass is 286 g/mol. The first-order valence-electron chi connectivity index (χ1n) is 6.43. The number of para-hydroxylation sites is 1. The molecular weight excluding hydrogens is 272 g/mol. The molecule has 0 atom stereocenters. The molecule has 1 aromatic heterocycles. The standard InChI is InChI=1S/C15H14N2O2S/c1-3-9-17-13-11(19-2)5-4-6-12(13)20-15(17)16-14(18)10-7-8-10/h1,4-6,10H,7-9H2,2H3. The molecule has 102 valence electrons. The molecule has 0 spiro atoms. The van der Waals surface area contributed by atoms with E-state index >= 15 is 0 Å². The van der Waals surface area contributed by atoms with E-state index in [1.54, 1.807) is 7.11 Å². The van der Waals surface area contributed by atoms with Gasteiger partial charge in [0.05, 0.1) is 18.4 Å². The molecule has 1 fully saturated rings. The summed E-state index contributed by atoms with van der Waals surface area (Å²) in [6.45, 7) is 0.372. The largest absolute Gasteiger partial charge is 0.495 e. The maximum atomic E-state index is 11.9. The molecule has 0 aliphatic heterocycles. The van der Waals surface area contributed by atoms with Gasteiger partial charge in [0.15, 0.2) is 4.80 Å². The lowest BCUT2D eigenvalue weighted by Gasteiger charge is -2.05. The second kappa shape index (κ2) is 5.14. The van der Waals surface area contributed by atoms with Gasteiger partial charge in [0.1, 0.15) is 11.3 Å². The number of rotatable bonds is 3. The lowest BCUT2D eigenvalue weighted by atomic mass is 10.3. The number of carbonyl (C=O) groups excluding carboxylic acids is 1. The number of methoxy groups -OCH3 is 1. The number of terminal acetylenes is 1. The Morgan fingerprint density at radius 2 is 2.40 bits per heavy atom. The average Bonchev–Trinajstić information content (AvgIpc) is 3.24. The number of benzene rings is 1. The van der Waals surface area contributed by atoms with Gasteiger partial charge < -0.3 is 9.30 Å². The van der Waals surface area contributed by atoms with Crippen molar-refractivity contribution in [2.45, 2.75) is 19.4 Å². The second-order valence-corrected chi connectivity index (χ2v) is 5.72. The predicted octanol–water partition coefficient (Wildman–Crippen LogP) is 2.18. The summed E-state index contributed by atoms with van der Waals surface area (Å²) in [7, 11) is 1.62. The van der Waals surface area contributed by atoms with Crippen LogP contribution >= 0.6 is 11.3 Å². The van der Waals surface area contributed by atoms with E-state index in [-0.39, 0.29) is 11.8 Å². The normalized spacial score (nSPS) is 15.3. The van der Waals surface area contributed by atoms with E-state index in [2.05, 4.69) is 10.9 Å². The first kappa shape index (κ1) is 12.9. The summed E-state index contributed by atoms with van der Waals surface area (Å²) in [6.07, 6.45) is 7.34. The van der Waals surface area contributed by atoms with Crippen LogP contribution in [0.1, 0.15) is 12.8 Å². The molecule has 1 aromatic carbocycles. The summed E-state index contributed by atoms with van der Waals surface area (Å²) in [4.78, 5) is 16.8. The quantitative estimate of drug-likeness (QED) is 0.812. The molecular formula is C15H14N2O2S. The minimum Gasteiger partial charge on any atom is -0.495 e. The van der Waals surface area contributed by atoms with Crippen molar-refractivity contribution in [1.82, 2.24) is 4.57 Å². The van der Waals surface area contributed by atoms with Crippen molar-refractivity contribution in [3.8, 4) is 18.1 Å². The zero-order valence-corrected chi connectivity index (χ0v) is 11.9. The summed E-state index contributed by atoms with van der Waals surface area (Å²) in [6, 6.07) is 5.79. The number of fused-ring (bicyclic) bond motifs is 1. The molecule has 1 heterocycles. The molecule has 0 saturated heterocycles. The van der Waals surface area contributed by atoms with E-state index in [0.717, 1.165) is 28.8 Å². The Bertz CT molecular complexity index is 775. The second-order valence-electron chi connectivity index (χ2n) is 4.71. The summed E-state index contributed by atoms with van der Waals surface area (Å²) in [5.41, 5.74) is 0.903. The smallest absolute Gasteiger partial charge is 0.251 e. The van der Waals surface area contributed by atoms with Crippen LogP contribution in [0.25, 0.3) is 10.2 Å². The van der Waals surface area contributed by atoms with Crippen LogP contribution in [0.2, 0.25) is 0 Å². The zero-order valence-electron chi connectivity index (χ0n) is 11.1. The SMILES string of the molecule is C#CCn1c(=NC(=O)C2CC2)sc2cccc(OC)c21. The molecule has 4 nitrogen and oxygen atoms in total. The zero-order chi connectivity index (χ0) is 14.1. The Labute approximate surface area is 120 Å². The molecule has 3 rings (SSSR count). The fourth-order valence-corrected chi connectivity index (χ4v) is 3.15. The Morgan fingerprint density at radius 1 is 1.60 bits per heavy atom. The molecule has 0 bridgehead atoms. The molecule has 5 heteroatoms. The van der Waals surface area contributed by atoms with Crippen molar-refractivity contribution in [3.63, 3.8) is 0 Å². The third-order valence-electron chi connectivity index (χ3n) is 3.27. The van der Waals surface area contributed by atoms with Gasteiger partial charge in [0.25, 0.3) is 5.91 Å². The van der Waals surface area contributed by atoms with Crippen LogP contribution in [0.15, 0.2) is 23.2 Å². The fraction of sp³-hybridized carbons (Fsp3) is 0.333. The Kier molecular flexibility index (Phi) is 3.33. The van der Waals surface area contributed by atoms with Gasteiger partial charge in [0.2, 0.25) is 0 Å². The van der Waals surface area contributed by atoms with Crippen LogP contribution in [-0.2, 0) is 11.3 Å². The highest BCUT2D eigenvalue weighted by molar-refractivity contribution is 7.16. The van der Waals surface area contributed by atoms with Crippen LogP contribution in [0.4, 0.5) is 0 Å². The van der Waals surface area contributed by atoms with Crippen LogP contribution in [0.5, 0.6) is 5.75 Å². The molecule has 0 radical (unpaired) electrons. The van der Waals surface area contributed by atoms with Gasteiger partial charge in [-0.2, -0.15) is 4.99 Å². The number of aromatic nitrogens is 1. The third-order valence-corrected chi connectivity index (χ3v) is 4.31. The van der Waals surface area contributed by atoms with E-state index in [9.17, 15) is 4.79 Å². The van der Waals surface area contributed by atoms with Crippen LogP contribution in [0.3, 0.4) is 0 Å². The highest BCUT2D eigenvalue weighted by atomic mass is 32.1. The van der Waals surface area contributed by atoms with E-state index in [1.165, 1.54) is 11.3 Å². The number of nitrogens with zero attached hydrogens (tertiary/aromatic N) is 2. The number of amides is 1. The lowest BCUT2D eigenvalue weighted by Crippen LogP contribution is -2.17. The van der Waals surface area contributed by atoms with Crippen LogP contribution in [-0.4, -0.2) is 17.6 Å². The van der Waals surface area contributed by atoms with Crippen LogP contribution in [0, 0.1) is 18.3 Å². The molecule has 1 aliphatic carbocycles. The van der Waals surface area contributed by atoms with Gasteiger partial charge in [-0.1, -0.05) is 23.3 Å². The van der Waals surface area contributed by atoms with Crippen molar-refractivity contribution in [1.29, 1.82) is 0 Å². The van der Waals surface area contributed by atoms with Crippen LogP contribution < -0.4 is 9.54 Å². The summed E-state index contributed by atoms with van der Waals surface area (Å²) >= 11 is 1.47. The Balaban J connectivity index is 2.23. The summed E-state index contributed by atoms with van der Waals surface area (Å²) in [5.74, 6) is 3.43. The number of carbonyl (C=O) groups is 1. The van der Waals surface area contributed by atoms with E-state index in [4.69, 9.17) is 11.2 Å². The third kappa shape index (κ3) is 2.23. The molecule has 20 heavy (non-hydrogen) atoms. The van der Waals surface area contributed by atoms with Crippen molar-refractivity contribution < 1.29 is 9.53 Å². The number of hydrogen-bond donors (Lipinski definition) is 0. The van der Waals surface area contributed by atoms with Gasteiger partial charge >= 0.3 is 0 Å². The van der Waals surface area contributed by atoms with Gasteiger partial charge in [0, 0.05) is 5.92 Å². The summed E-state index contributed by atoms with van der Waals surface area (Å²) < 4.78 is 8.27. The Morgan fingerprint density at radius 3 is 3.05 bits per heavy atom. The maximum absolute atomic E-state index is 11.9. The van der Waals surface area contributed by atoms with Crippen molar-refractivity contribution in [2.75, 3.05) is 7.11 Å². The van der Waals surface area contributed by atoms with Crippen molar-refractivity contribution in [3.05, 3.63) is 23.0 Å². The van der Waals surface area contributed by atoms with Gasteiger partial charge in [-0.3, -0.25) is 4.79 Å². The molecule has 0 unspecified atom stereocenters. The first-order valence-corrected chi connectivity index (χ1v) is 7.24. The minimum atomic E-state index is -0.0405. The molecule has 1 amide bonds. The van der Waals surface area contributed by atoms with Crippen molar-refractivity contribution in [2.24, 2.45) is 10.9 Å². The minimum absolute atomic E-state index is 0.0405. The van der Waals surface area contributed by atoms with E-state index in [1.807, 2.05) is 22.8 Å². The maximum Gasteiger partial charge on any atom is 0.251 e. The predicted molar refractivity (Wildman–Crippen MR) is 78.5 cm³/mol. The molecule has 2 aromatic rings. The van der Waals surface area contributed by atoms with Gasteiger partial charge in [-0.05, 0) is 25.0 Å². The average molecular weight is 286 g/mol. The molecule has 0 N–H and O–H groups in total. The highest BCUT2D eigenvalue weighted by Crippen LogP contribution is 2.30.